The zero-order valence-corrected chi connectivity index (χ0v) is 12.3. The van der Waals surface area contributed by atoms with Gasteiger partial charge in [-0.25, -0.2) is 0 Å². The van der Waals surface area contributed by atoms with Crippen LogP contribution in [0.25, 0.3) is 0 Å². The molecule has 1 heterocycles. The SMILES string of the molecule is CCC(CC)N(CC(C)C)C(=O)c1ccc(=O)[nH]c1. The third kappa shape index (κ3) is 4.23. The zero-order chi connectivity index (χ0) is 14.4. The Kier molecular flexibility index (Phi) is 5.80. The highest BCUT2D eigenvalue weighted by molar-refractivity contribution is 5.94. The second-order valence-electron chi connectivity index (χ2n) is 5.26. The Morgan fingerprint density at radius 2 is 1.89 bits per heavy atom. The Bertz CT molecular complexity index is 441. The first-order chi connectivity index (χ1) is 8.99. The van der Waals surface area contributed by atoms with Crippen molar-refractivity contribution >= 4 is 5.91 Å². The average molecular weight is 264 g/mol. The largest absolute Gasteiger partial charge is 0.335 e. The standard InChI is InChI=1S/C15H24N2O2/c1-5-13(6-2)17(10-11(3)4)15(19)12-7-8-14(18)16-9-12/h7-9,11,13H,5-6,10H2,1-4H3,(H,16,18). The van der Waals surface area contributed by atoms with Crippen molar-refractivity contribution in [1.29, 1.82) is 0 Å². The van der Waals surface area contributed by atoms with Crippen LogP contribution in [-0.2, 0) is 0 Å². The van der Waals surface area contributed by atoms with E-state index in [9.17, 15) is 9.59 Å². The molecule has 1 amide bonds. The van der Waals surface area contributed by atoms with E-state index < -0.39 is 0 Å². The van der Waals surface area contributed by atoms with E-state index in [0.717, 1.165) is 19.4 Å². The van der Waals surface area contributed by atoms with Crippen molar-refractivity contribution < 1.29 is 4.79 Å². The zero-order valence-electron chi connectivity index (χ0n) is 12.3. The minimum atomic E-state index is -0.186. The summed E-state index contributed by atoms with van der Waals surface area (Å²) in [6, 6.07) is 3.24. The van der Waals surface area contributed by atoms with Crippen LogP contribution in [0.4, 0.5) is 0 Å². The molecule has 0 atom stereocenters. The van der Waals surface area contributed by atoms with E-state index >= 15 is 0 Å². The summed E-state index contributed by atoms with van der Waals surface area (Å²) in [5.41, 5.74) is 0.363. The number of aromatic nitrogens is 1. The van der Waals surface area contributed by atoms with Gasteiger partial charge in [-0.2, -0.15) is 0 Å². The maximum atomic E-state index is 12.6. The maximum Gasteiger partial charge on any atom is 0.255 e. The van der Waals surface area contributed by atoms with Gasteiger partial charge in [-0.15, -0.1) is 0 Å². The van der Waals surface area contributed by atoms with Crippen LogP contribution in [0.1, 0.15) is 50.9 Å². The molecule has 0 radical (unpaired) electrons. The van der Waals surface area contributed by atoms with E-state index in [1.54, 1.807) is 6.07 Å². The minimum absolute atomic E-state index is 0.00125. The Labute approximate surface area is 114 Å². The van der Waals surface area contributed by atoms with Gasteiger partial charge in [0.1, 0.15) is 0 Å². The molecule has 0 fully saturated rings. The number of nitrogens with one attached hydrogen (secondary N) is 1. The molecule has 0 aliphatic carbocycles. The van der Waals surface area contributed by atoms with Crippen LogP contribution in [0.15, 0.2) is 23.1 Å². The lowest BCUT2D eigenvalue weighted by molar-refractivity contribution is 0.0640. The van der Waals surface area contributed by atoms with E-state index in [4.69, 9.17) is 0 Å². The van der Waals surface area contributed by atoms with E-state index in [-0.39, 0.29) is 17.5 Å². The van der Waals surface area contributed by atoms with Gasteiger partial charge in [0.2, 0.25) is 5.56 Å². The second-order valence-corrected chi connectivity index (χ2v) is 5.26. The first kappa shape index (κ1) is 15.5. The van der Waals surface area contributed by atoms with Crippen molar-refractivity contribution in [3.8, 4) is 0 Å². The fourth-order valence-corrected chi connectivity index (χ4v) is 2.23. The predicted octanol–water partition coefficient (Wildman–Crippen LogP) is 2.66. The molecule has 0 saturated carbocycles. The van der Waals surface area contributed by atoms with Gasteiger partial charge in [0.25, 0.3) is 5.91 Å². The summed E-state index contributed by atoms with van der Waals surface area (Å²) in [5, 5.41) is 0. The molecule has 0 aromatic carbocycles. The molecular weight excluding hydrogens is 240 g/mol. The quantitative estimate of drug-likeness (QED) is 0.858. The number of hydrogen-bond acceptors (Lipinski definition) is 2. The molecule has 1 N–H and O–H groups in total. The van der Waals surface area contributed by atoms with Gasteiger partial charge in [-0.1, -0.05) is 27.7 Å². The number of H-pyrrole nitrogens is 1. The monoisotopic (exact) mass is 264 g/mol. The van der Waals surface area contributed by atoms with Gasteiger partial charge in [0.15, 0.2) is 0 Å². The number of carbonyl (C=O) groups is 1. The van der Waals surface area contributed by atoms with Crippen molar-refractivity contribution in [3.05, 3.63) is 34.2 Å². The van der Waals surface area contributed by atoms with Gasteiger partial charge >= 0.3 is 0 Å². The lowest BCUT2D eigenvalue weighted by atomic mass is 10.1. The number of carbonyl (C=O) groups excluding carboxylic acids is 1. The van der Waals surface area contributed by atoms with Crippen molar-refractivity contribution in [1.82, 2.24) is 9.88 Å². The predicted molar refractivity (Wildman–Crippen MR) is 77.3 cm³/mol. The molecule has 0 bridgehead atoms. The molecule has 1 rings (SSSR count). The molecular formula is C15H24N2O2. The van der Waals surface area contributed by atoms with Crippen molar-refractivity contribution in [3.63, 3.8) is 0 Å². The maximum absolute atomic E-state index is 12.6. The van der Waals surface area contributed by atoms with Crippen molar-refractivity contribution in [2.45, 2.75) is 46.6 Å². The smallest absolute Gasteiger partial charge is 0.255 e. The first-order valence-corrected chi connectivity index (χ1v) is 6.99. The van der Waals surface area contributed by atoms with Gasteiger partial charge in [0, 0.05) is 24.8 Å². The number of nitrogens with zero attached hydrogens (tertiary/aromatic N) is 1. The Morgan fingerprint density at radius 1 is 1.26 bits per heavy atom. The minimum Gasteiger partial charge on any atom is -0.335 e. The van der Waals surface area contributed by atoms with E-state index in [0.29, 0.717) is 11.5 Å². The van der Waals surface area contributed by atoms with Crippen LogP contribution >= 0.6 is 0 Å². The van der Waals surface area contributed by atoms with Crippen molar-refractivity contribution in [2.24, 2.45) is 5.92 Å². The molecule has 0 aliphatic rings. The molecule has 4 heteroatoms. The lowest BCUT2D eigenvalue weighted by Crippen LogP contribution is -2.42. The highest BCUT2D eigenvalue weighted by Gasteiger charge is 2.23. The summed E-state index contributed by atoms with van der Waals surface area (Å²) in [6.07, 6.45) is 3.39. The average Bonchev–Trinajstić information content (AvgIpc) is 2.38. The first-order valence-electron chi connectivity index (χ1n) is 6.99. The van der Waals surface area contributed by atoms with Crippen LogP contribution < -0.4 is 5.56 Å². The van der Waals surface area contributed by atoms with E-state index in [2.05, 4.69) is 32.7 Å². The highest BCUT2D eigenvalue weighted by Crippen LogP contribution is 2.15. The summed E-state index contributed by atoms with van der Waals surface area (Å²) in [4.78, 5) is 28.1. The van der Waals surface area contributed by atoms with Crippen LogP contribution in [0.2, 0.25) is 0 Å². The van der Waals surface area contributed by atoms with E-state index in [1.165, 1.54) is 12.3 Å². The molecule has 0 saturated heterocycles. The fourth-order valence-electron chi connectivity index (χ4n) is 2.23. The summed E-state index contributed by atoms with van der Waals surface area (Å²) in [6.45, 7) is 9.15. The molecule has 19 heavy (non-hydrogen) atoms. The summed E-state index contributed by atoms with van der Waals surface area (Å²) < 4.78 is 0. The molecule has 1 aromatic heterocycles. The summed E-state index contributed by atoms with van der Waals surface area (Å²) in [7, 11) is 0. The molecule has 0 spiro atoms. The summed E-state index contributed by atoms with van der Waals surface area (Å²) >= 11 is 0. The van der Waals surface area contributed by atoms with Crippen LogP contribution in [0.3, 0.4) is 0 Å². The topological polar surface area (TPSA) is 53.2 Å². The lowest BCUT2D eigenvalue weighted by Gasteiger charge is -2.32. The third-order valence-electron chi connectivity index (χ3n) is 3.24. The third-order valence-corrected chi connectivity index (χ3v) is 3.24. The van der Waals surface area contributed by atoms with Gasteiger partial charge in [-0.3, -0.25) is 9.59 Å². The highest BCUT2D eigenvalue weighted by atomic mass is 16.2. The van der Waals surface area contributed by atoms with Gasteiger partial charge in [-0.05, 0) is 24.8 Å². The second kappa shape index (κ2) is 7.12. The normalized spacial score (nSPS) is 11.1. The number of rotatable bonds is 6. The molecule has 1 aromatic rings. The molecule has 0 aliphatic heterocycles. The molecule has 0 unspecified atom stereocenters. The fraction of sp³-hybridized carbons (Fsp3) is 0.600. The van der Waals surface area contributed by atoms with E-state index in [1.807, 2.05) is 4.90 Å². The Morgan fingerprint density at radius 3 is 2.32 bits per heavy atom. The molecule has 106 valence electrons. The number of hydrogen-bond donors (Lipinski definition) is 1. The Hall–Kier alpha value is -1.58. The van der Waals surface area contributed by atoms with Crippen LogP contribution in [0.5, 0.6) is 0 Å². The number of pyridine rings is 1. The summed E-state index contributed by atoms with van der Waals surface area (Å²) in [5.74, 6) is 0.422. The van der Waals surface area contributed by atoms with Crippen LogP contribution in [0, 0.1) is 5.92 Å². The molecule has 4 nitrogen and oxygen atoms in total. The van der Waals surface area contributed by atoms with Gasteiger partial charge < -0.3 is 9.88 Å². The number of amides is 1. The van der Waals surface area contributed by atoms with Crippen molar-refractivity contribution in [2.75, 3.05) is 6.54 Å². The van der Waals surface area contributed by atoms with Gasteiger partial charge in [0.05, 0.1) is 5.56 Å². The number of aromatic amines is 1. The Balaban J connectivity index is 2.99. The van der Waals surface area contributed by atoms with Crippen LogP contribution in [-0.4, -0.2) is 28.4 Å².